The lowest BCUT2D eigenvalue weighted by Crippen LogP contribution is -2.24. The first-order chi connectivity index (χ1) is 12.1. The van der Waals surface area contributed by atoms with Crippen molar-refractivity contribution >= 4 is 17.7 Å². The number of aryl methyl sites for hydroxylation is 1. The molecule has 0 saturated heterocycles. The highest BCUT2D eigenvalue weighted by Crippen LogP contribution is 2.21. The molecule has 0 bridgehead atoms. The molecule has 0 aliphatic rings. The SMILES string of the molecule is Cc1ccc(CNC(=O)CSc2nnc(-c3cccnc3)n2C)cc1. The number of aromatic nitrogens is 4. The van der Waals surface area contributed by atoms with E-state index in [9.17, 15) is 4.79 Å². The molecule has 0 saturated carbocycles. The van der Waals surface area contributed by atoms with Crippen LogP contribution in [-0.2, 0) is 18.4 Å². The topological polar surface area (TPSA) is 72.7 Å². The summed E-state index contributed by atoms with van der Waals surface area (Å²) in [5.74, 6) is 0.998. The lowest BCUT2D eigenvalue weighted by molar-refractivity contribution is -0.118. The average Bonchev–Trinajstić information content (AvgIpc) is 3.01. The summed E-state index contributed by atoms with van der Waals surface area (Å²) in [6, 6.07) is 11.9. The molecule has 6 nitrogen and oxygen atoms in total. The van der Waals surface area contributed by atoms with Gasteiger partial charge in [0.25, 0.3) is 0 Å². The molecule has 1 amide bonds. The number of hydrogen-bond donors (Lipinski definition) is 1. The van der Waals surface area contributed by atoms with Gasteiger partial charge < -0.3 is 9.88 Å². The Morgan fingerprint density at radius 3 is 2.72 bits per heavy atom. The minimum Gasteiger partial charge on any atom is -0.351 e. The van der Waals surface area contributed by atoms with Crippen molar-refractivity contribution in [2.24, 2.45) is 7.05 Å². The van der Waals surface area contributed by atoms with E-state index in [0.29, 0.717) is 17.5 Å². The Labute approximate surface area is 150 Å². The first kappa shape index (κ1) is 17.2. The number of hydrogen-bond acceptors (Lipinski definition) is 5. The molecule has 0 unspecified atom stereocenters. The molecular weight excluding hydrogens is 334 g/mol. The Hall–Kier alpha value is -2.67. The van der Waals surface area contributed by atoms with Gasteiger partial charge in [0, 0.05) is 31.5 Å². The first-order valence-electron chi connectivity index (χ1n) is 7.88. The van der Waals surface area contributed by atoms with E-state index in [4.69, 9.17) is 0 Å². The van der Waals surface area contributed by atoms with Crippen LogP contribution in [-0.4, -0.2) is 31.4 Å². The van der Waals surface area contributed by atoms with Crippen LogP contribution in [0.1, 0.15) is 11.1 Å². The molecule has 3 rings (SSSR count). The maximum absolute atomic E-state index is 12.0. The van der Waals surface area contributed by atoms with Gasteiger partial charge in [0.05, 0.1) is 5.75 Å². The molecule has 2 aromatic heterocycles. The van der Waals surface area contributed by atoms with E-state index < -0.39 is 0 Å². The second kappa shape index (κ2) is 7.94. The maximum Gasteiger partial charge on any atom is 0.230 e. The zero-order valence-corrected chi connectivity index (χ0v) is 15.0. The van der Waals surface area contributed by atoms with Crippen molar-refractivity contribution in [3.05, 3.63) is 59.9 Å². The second-order valence-corrected chi connectivity index (χ2v) is 6.60. The van der Waals surface area contributed by atoms with Crippen LogP contribution in [0.2, 0.25) is 0 Å². The van der Waals surface area contributed by atoms with Gasteiger partial charge >= 0.3 is 0 Å². The fraction of sp³-hybridized carbons (Fsp3) is 0.222. The Balaban J connectivity index is 1.54. The highest BCUT2D eigenvalue weighted by molar-refractivity contribution is 7.99. The number of rotatable bonds is 6. The highest BCUT2D eigenvalue weighted by Gasteiger charge is 2.12. The summed E-state index contributed by atoms with van der Waals surface area (Å²) >= 11 is 1.37. The molecule has 0 radical (unpaired) electrons. The zero-order valence-electron chi connectivity index (χ0n) is 14.1. The third-order valence-electron chi connectivity index (χ3n) is 3.70. The van der Waals surface area contributed by atoms with E-state index in [1.165, 1.54) is 17.3 Å². The van der Waals surface area contributed by atoms with E-state index in [0.717, 1.165) is 17.0 Å². The fourth-order valence-electron chi connectivity index (χ4n) is 2.27. The molecule has 128 valence electrons. The normalized spacial score (nSPS) is 10.6. The van der Waals surface area contributed by atoms with Crippen LogP contribution < -0.4 is 5.32 Å². The molecule has 0 aliphatic heterocycles. The summed E-state index contributed by atoms with van der Waals surface area (Å²) in [4.78, 5) is 16.1. The second-order valence-electron chi connectivity index (χ2n) is 5.66. The van der Waals surface area contributed by atoms with Crippen LogP contribution in [0.3, 0.4) is 0 Å². The van der Waals surface area contributed by atoms with E-state index in [1.54, 1.807) is 12.4 Å². The number of nitrogens with one attached hydrogen (secondary N) is 1. The van der Waals surface area contributed by atoms with Gasteiger partial charge in [0.1, 0.15) is 0 Å². The summed E-state index contributed by atoms with van der Waals surface area (Å²) in [6.45, 7) is 2.57. The number of pyridine rings is 1. The van der Waals surface area contributed by atoms with Gasteiger partial charge in [-0.05, 0) is 24.6 Å². The number of carbonyl (C=O) groups is 1. The van der Waals surface area contributed by atoms with Gasteiger partial charge in [-0.1, -0.05) is 41.6 Å². The summed E-state index contributed by atoms with van der Waals surface area (Å²) in [5.41, 5.74) is 3.19. The lowest BCUT2D eigenvalue weighted by atomic mass is 10.1. The van der Waals surface area contributed by atoms with E-state index in [-0.39, 0.29) is 5.91 Å². The van der Waals surface area contributed by atoms with Crippen molar-refractivity contribution in [3.8, 4) is 11.4 Å². The summed E-state index contributed by atoms with van der Waals surface area (Å²) in [6.07, 6.45) is 3.46. The van der Waals surface area contributed by atoms with Crippen LogP contribution >= 0.6 is 11.8 Å². The number of nitrogens with zero attached hydrogens (tertiary/aromatic N) is 4. The van der Waals surface area contributed by atoms with Crippen molar-refractivity contribution in [2.75, 3.05) is 5.75 Å². The number of amides is 1. The van der Waals surface area contributed by atoms with Crippen molar-refractivity contribution in [2.45, 2.75) is 18.6 Å². The van der Waals surface area contributed by atoms with Gasteiger partial charge in [-0.2, -0.15) is 0 Å². The minimum absolute atomic E-state index is 0.0310. The highest BCUT2D eigenvalue weighted by atomic mass is 32.2. The van der Waals surface area contributed by atoms with E-state index in [1.807, 2.05) is 54.9 Å². The van der Waals surface area contributed by atoms with Gasteiger partial charge in [-0.25, -0.2) is 0 Å². The number of carbonyl (C=O) groups excluding carboxylic acids is 1. The van der Waals surface area contributed by atoms with Crippen molar-refractivity contribution in [3.63, 3.8) is 0 Å². The molecule has 0 fully saturated rings. The predicted molar refractivity (Wildman–Crippen MR) is 98.0 cm³/mol. The molecule has 1 N–H and O–H groups in total. The Morgan fingerprint density at radius 1 is 1.20 bits per heavy atom. The zero-order chi connectivity index (χ0) is 17.6. The van der Waals surface area contributed by atoms with Gasteiger partial charge in [-0.3, -0.25) is 9.78 Å². The Kier molecular flexibility index (Phi) is 5.45. The lowest BCUT2D eigenvalue weighted by Gasteiger charge is -2.06. The predicted octanol–water partition coefficient (Wildman–Crippen LogP) is 2.59. The Bertz CT molecular complexity index is 846. The maximum atomic E-state index is 12.0. The molecular formula is C18H19N5OS. The van der Waals surface area contributed by atoms with E-state index >= 15 is 0 Å². The summed E-state index contributed by atoms with van der Waals surface area (Å²) in [7, 11) is 1.88. The molecule has 2 heterocycles. The standard InChI is InChI=1S/C18H19N5OS/c1-13-5-7-14(8-6-13)10-20-16(24)12-25-18-22-21-17(23(18)2)15-4-3-9-19-11-15/h3-9,11H,10,12H2,1-2H3,(H,20,24). The molecule has 1 aromatic carbocycles. The van der Waals surface area contributed by atoms with Crippen LogP contribution in [0.4, 0.5) is 0 Å². The van der Waals surface area contributed by atoms with E-state index in [2.05, 4.69) is 20.5 Å². The fourth-order valence-corrected chi connectivity index (χ4v) is 3.02. The van der Waals surface area contributed by atoms with Gasteiger partial charge in [0.15, 0.2) is 11.0 Å². The summed E-state index contributed by atoms with van der Waals surface area (Å²) < 4.78 is 1.87. The number of thioether (sulfide) groups is 1. The van der Waals surface area contributed by atoms with Crippen molar-refractivity contribution in [1.82, 2.24) is 25.1 Å². The molecule has 3 aromatic rings. The average molecular weight is 353 g/mol. The monoisotopic (exact) mass is 353 g/mol. The quantitative estimate of drug-likeness (QED) is 0.690. The molecule has 0 atom stereocenters. The van der Waals surface area contributed by atoms with Crippen LogP contribution in [0.5, 0.6) is 0 Å². The smallest absolute Gasteiger partial charge is 0.230 e. The van der Waals surface area contributed by atoms with Gasteiger partial charge in [0.2, 0.25) is 5.91 Å². The van der Waals surface area contributed by atoms with Crippen LogP contribution in [0, 0.1) is 6.92 Å². The third kappa shape index (κ3) is 4.45. The first-order valence-corrected chi connectivity index (χ1v) is 8.87. The Morgan fingerprint density at radius 2 is 2.00 bits per heavy atom. The summed E-state index contributed by atoms with van der Waals surface area (Å²) in [5, 5.41) is 12.0. The number of benzene rings is 1. The molecule has 0 aliphatic carbocycles. The van der Waals surface area contributed by atoms with Crippen molar-refractivity contribution in [1.29, 1.82) is 0 Å². The van der Waals surface area contributed by atoms with Gasteiger partial charge in [-0.15, -0.1) is 10.2 Å². The van der Waals surface area contributed by atoms with Crippen LogP contribution in [0.25, 0.3) is 11.4 Å². The third-order valence-corrected chi connectivity index (χ3v) is 4.72. The molecule has 0 spiro atoms. The minimum atomic E-state index is -0.0310. The van der Waals surface area contributed by atoms with Crippen molar-refractivity contribution < 1.29 is 4.79 Å². The largest absolute Gasteiger partial charge is 0.351 e. The molecule has 7 heteroatoms. The molecule has 25 heavy (non-hydrogen) atoms. The van der Waals surface area contributed by atoms with Crippen LogP contribution in [0.15, 0.2) is 53.9 Å².